The van der Waals surface area contributed by atoms with Crippen LogP contribution in [-0.2, 0) is 9.47 Å². The first-order valence-electron chi connectivity index (χ1n) is 4.66. The summed E-state index contributed by atoms with van der Waals surface area (Å²) < 4.78 is 11.4. The molecule has 1 heterocycles. The van der Waals surface area contributed by atoms with Crippen LogP contribution < -0.4 is 5.73 Å². The molecule has 0 aliphatic carbocycles. The van der Waals surface area contributed by atoms with E-state index in [0.717, 1.165) is 18.1 Å². The Bertz CT molecular complexity index is 292. The predicted octanol–water partition coefficient (Wildman–Crippen LogP) is 1.79. The summed E-state index contributed by atoms with van der Waals surface area (Å²) >= 11 is 3.27. The Balaban J connectivity index is 2.12. The number of ether oxygens (including phenoxy) is 2. The van der Waals surface area contributed by atoms with E-state index in [-0.39, 0.29) is 0 Å². The maximum absolute atomic E-state index is 5.60. The van der Waals surface area contributed by atoms with Crippen molar-refractivity contribution in [3.05, 3.63) is 5.69 Å². The van der Waals surface area contributed by atoms with Gasteiger partial charge in [0, 0.05) is 12.9 Å². The van der Waals surface area contributed by atoms with Crippen molar-refractivity contribution in [3.63, 3.8) is 0 Å². The number of thioether (sulfide) groups is 1. The molecule has 0 aromatic carbocycles. The average molecular weight is 248 g/mol. The van der Waals surface area contributed by atoms with E-state index in [4.69, 9.17) is 15.2 Å². The molecule has 0 radical (unpaired) electrons. The molecule has 1 rings (SSSR count). The van der Waals surface area contributed by atoms with Crippen molar-refractivity contribution < 1.29 is 9.47 Å². The number of hydrogen-bond donors (Lipinski definition) is 1. The highest BCUT2D eigenvalue weighted by molar-refractivity contribution is 8.01. The molecule has 15 heavy (non-hydrogen) atoms. The zero-order chi connectivity index (χ0) is 11.1. The zero-order valence-electron chi connectivity index (χ0n) is 8.99. The Morgan fingerprint density at radius 2 is 2.20 bits per heavy atom. The second kappa shape index (κ2) is 7.05. The van der Waals surface area contributed by atoms with E-state index in [1.54, 1.807) is 18.9 Å². The van der Waals surface area contributed by atoms with E-state index in [0.29, 0.717) is 18.3 Å². The molecule has 0 saturated heterocycles. The number of aryl methyl sites for hydroxylation is 1. The largest absolute Gasteiger partial charge is 0.382 e. The number of nitrogens with two attached hydrogens (primary N) is 1. The van der Waals surface area contributed by atoms with Gasteiger partial charge in [-0.3, -0.25) is 0 Å². The second-order valence-corrected chi connectivity index (χ2v) is 5.27. The number of anilines is 1. The van der Waals surface area contributed by atoms with Crippen molar-refractivity contribution in [2.24, 2.45) is 0 Å². The van der Waals surface area contributed by atoms with Crippen LogP contribution in [0, 0.1) is 6.92 Å². The zero-order valence-corrected chi connectivity index (χ0v) is 10.6. The molecule has 1 aromatic rings. The van der Waals surface area contributed by atoms with Gasteiger partial charge in [-0.25, -0.2) is 4.98 Å². The van der Waals surface area contributed by atoms with Crippen LogP contribution in [-0.4, -0.2) is 37.7 Å². The summed E-state index contributed by atoms with van der Waals surface area (Å²) in [5, 5.41) is 0.635. The third-order valence-corrected chi connectivity index (χ3v) is 3.98. The van der Waals surface area contributed by atoms with E-state index in [2.05, 4.69) is 4.98 Å². The fraction of sp³-hybridized carbons (Fsp3) is 0.667. The lowest BCUT2D eigenvalue weighted by Gasteiger charge is -2.02. The summed E-state index contributed by atoms with van der Waals surface area (Å²) in [5.74, 6) is 0.923. The van der Waals surface area contributed by atoms with Gasteiger partial charge >= 0.3 is 0 Å². The van der Waals surface area contributed by atoms with Crippen LogP contribution in [0.15, 0.2) is 4.21 Å². The number of methoxy groups -OCH3 is 1. The first-order valence-corrected chi connectivity index (χ1v) is 6.46. The van der Waals surface area contributed by atoms with Crippen molar-refractivity contribution in [2.75, 3.05) is 38.4 Å². The molecule has 0 atom stereocenters. The van der Waals surface area contributed by atoms with Gasteiger partial charge in [-0.05, 0) is 6.92 Å². The van der Waals surface area contributed by atoms with Gasteiger partial charge in [-0.2, -0.15) is 0 Å². The second-order valence-electron chi connectivity index (χ2n) is 2.88. The van der Waals surface area contributed by atoms with Gasteiger partial charge in [0.25, 0.3) is 0 Å². The van der Waals surface area contributed by atoms with E-state index in [9.17, 15) is 0 Å². The molecule has 0 aliphatic rings. The van der Waals surface area contributed by atoms with E-state index in [1.807, 2.05) is 6.92 Å². The SMILES string of the molecule is COCCOCCSc1sc(N)nc1C. The van der Waals surface area contributed by atoms with Crippen molar-refractivity contribution in [2.45, 2.75) is 11.1 Å². The van der Waals surface area contributed by atoms with Gasteiger partial charge in [0.2, 0.25) is 0 Å². The molecule has 0 spiro atoms. The minimum Gasteiger partial charge on any atom is -0.382 e. The molecule has 6 heteroatoms. The number of hydrogen-bond acceptors (Lipinski definition) is 6. The smallest absolute Gasteiger partial charge is 0.181 e. The van der Waals surface area contributed by atoms with Crippen molar-refractivity contribution in [1.82, 2.24) is 4.98 Å². The fourth-order valence-electron chi connectivity index (χ4n) is 0.974. The molecule has 0 unspecified atom stereocenters. The van der Waals surface area contributed by atoms with Crippen molar-refractivity contribution in [1.29, 1.82) is 0 Å². The molecule has 1 aromatic heterocycles. The first-order chi connectivity index (χ1) is 7.24. The standard InChI is InChI=1S/C9H16N2O2S2/c1-7-8(15-9(10)11-7)14-6-5-13-4-3-12-2/h3-6H2,1-2H3,(H2,10,11). The number of thiazole rings is 1. The van der Waals surface area contributed by atoms with E-state index in [1.165, 1.54) is 15.5 Å². The molecule has 2 N–H and O–H groups in total. The summed E-state index contributed by atoms with van der Waals surface area (Å²) in [6.07, 6.45) is 0. The minimum atomic E-state index is 0.635. The lowest BCUT2D eigenvalue weighted by Crippen LogP contribution is -2.04. The van der Waals surface area contributed by atoms with Gasteiger partial charge in [0.1, 0.15) is 0 Å². The molecule has 0 aliphatic heterocycles. The van der Waals surface area contributed by atoms with Crippen LogP contribution in [0.5, 0.6) is 0 Å². The van der Waals surface area contributed by atoms with Gasteiger partial charge in [0.05, 0.1) is 29.7 Å². The Morgan fingerprint density at radius 3 is 2.80 bits per heavy atom. The monoisotopic (exact) mass is 248 g/mol. The quantitative estimate of drug-likeness (QED) is 0.589. The lowest BCUT2D eigenvalue weighted by molar-refractivity contribution is 0.0790. The molecular formula is C9H16N2O2S2. The lowest BCUT2D eigenvalue weighted by atomic mass is 10.6. The highest BCUT2D eigenvalue weighted by Gasteiger charge is 2.04. The number of nitrogens with zero attached hydrogens (tertiary/aromatic N) is 1. The van der Waals surface area contributed by atoms with E-state index < -0.39 is 0 Å². The van der Waals surface area contributed by atoms with Crippen molar-refractivity contribution in [3.8, 4) is 0 Å². The Hall–Kier alpha value is -0.300. The Morgan fingerprint density at radius 1 is 1.40 bits per heavy atom. The summed E-state index contributed by atoms with van der Waals surface area (Å²) in [7, 11) is 1.67. The molecule has 4 nitrogen and oxygen atoms in total. The normalized spacial score (nSPS) is 10.8. The third-order valence-electron chi connectivity index (χ3n) is 1.66. The molecule has 86 valence electrons. The topological polar surface area (TPSA) is 57.4 Å². The molecule has 0 amide bonds. The number of rotatable bonds is 7. The van der Waals surface area contributed by atoms with Crippen LogP contribution >= 0.6 is 23.1 Å². The minimum absolute atomic E-state index is 0.635. The molecule has 0 saturated carbocycles. The highest BCUT2D eigenvalue weighted by Crippen LogP contribution is 2.30. The maximum atomic E-state index is 5.60. The summed E-state index contributed by atoms with van der Waals surface area (Å²) in [6, 6.07) is 0. The van der Waals surface area contributed by atoms with Gasteiger partial charge in [-0.1, -0.05) is 11.3 Å². The number of aromatic nitrogens is 1. The molecule has 0 bridgehead atoms. The summed E-state index contributed by atoms with van der Waals surface area (Å²) in [6.45, 7) is 4.00. The van der Waals surface area contributed by atoms with Crippen LogP contribution in [0.25, 0.3) is 0 Å². The van der Waals surface area contributed by atoms with Crippen LogP contribution in [0.1, 0.15) is 5.69 Å². The Labute approximate surface area is 98.2 Å². The number of nitrogen functional groups attached to an aromatic ring is 1. The third kappa shape index (κ3) is 4.83. The van der Waals surface area contributed by atoms with Crippen molar-refractivity contribution >= 4 is 28.2 Å². The van der Waals surface area contributed by atoms with Gasteiger partial charge < -0.3 is 15.2 Å². The molecule has 0 fully saturated rings. The Kier molecular flexibility index (Phi) is 6.00. The first kappa shape index (κ1) is 12.8. The average Bonchev–Trinajstić information content (AvgIpc) is 2.51. The predicted molar refractivity (Wildman–Crippen MR) is 64.7 cm³/mol. The van der Waals surface area contributed by atoms with E-state index >= 15 is 0 Å². The van der Waals surface area contributed by atoms with Crippen LogP contribution in [0.4, 0.5) is 5.13 Å². The van der Waals surface area contributed by atoms with Crippen LogP contribution in [0.3, 0.4) is 0 Å². The fourth-order valence-corrected chi connectivity index (χ4v) is 2.92. The van der Waals surface area contributed by atoms with Gasteiger partial charge in [0.15, 0.2) is 5.13 Å². The highest BCUT2D eigenvalue weighted by atomic mass is 32.2. The van der Waals surface area contributed by atoms with Crippen LogP contribution in [0.2, 0.25) is 0 Å². The maximum Gasteiger partial charge on any atom is 0.181 e. The summed E-state index contributed by atoms with van der Waals surface area (Å²) in [5.41, 5.74) is 6.61. The van der Waals surface area contributed by atoms with Gasteiger partial charge in [-0.15, -0.1) is 11.8 Å². The summed E-state index contributed by atoms with van der Waals surface area (Å²) in [4.78, 5) is 4.15. The molecular weight excluding hydrogens is 232 g/mol.